The van der Waals surface area contributed by atoms with Gasteiger partial charge in [0.15, 0.2) is 5.13 Å². The van der Waals surface area contributed by atoms with E-state index in [1.807, 2.05) is 0 Å². The molecular formula is C25H20F2N2O5S. The molecule has 3 aromatic rings. The van der Waals surface area contributed by atoms with Gasteiger partial charge >= 0.3 is 11.9 Å². The van der Waals surface area contributed by atoms with Crippen molar-refractivity contribution in [3.63, 3.8) is 0 Å². The zero-order valence-electron chi connectivity index (χ0n) is 19.0. The fraction of sp³-hybridized carbons (Fsp3) is 0.200. The van der Waals surface area contributed by atoms with Gasteiger partial charge in [-0.15, -0.1) is 0 Å². The summed E-state index contributed by atoms with van der Waals surface area (Å²) in [6, 6.07) is 7.91. The highest BCUT2D eigenvalue weighted by molar-refractivity contribution is 7.17. The fourth-order valence-corrected chi connectivity index (χ4v) is 4.78. The second-order valence-electron chi connectivity index (χ2n) is 7.79. The number of amides is 1. The van der Waals surface area contributed by atoms with Gasteiger partial charge in [-0.3, -0.25) is 14.5 Å². The van der Waals surface area contributed by atoms with E-state index in [2.05, 4.69) is 4.98 Å². The second-order valence-corrected chi connectivity index (χ2v) is 8.76. The first-order chi connectivity index (χ1) is 16.6. The summed E-state index contributed by atoms with van der Waals surface area (Å²) >= 11 is 0.809. The highest BCUT2D eigenvalue weighted by atomic mass is 32.1. The number of aliphatic hydroxyl groups is 1. The van der Waals surface area contributed by atoms with Gasteiger partial charge in [-0.05, 0) is 38.5 Å². The molecule has 10 heteroatoms. The number of aryl methyl sites for hydroxylation is 2. The van der Waals surface area contributed by atoms with Crippen LogP contribution >= 0.6 is 11.3 Å². The van der Waals surface area contributed by atoms with Crippen LogP contribution in [0, 0.1) is 25.5 Å². The molecule has 4 rings (SSSR count). The number of carbonyl (C=O) groups is 3. The van der Waals surface area contributed by atoms with E-state index in [1.165, 1.54) is 44.2 Å². The van der Waals surface area contributed by atoms with Crippen molar-refractivity contribution in [1.29, 1.82) is 0 Å². The van der Waals surface area contributed by atoms with E-state index in [-0.39, 0.29) is 33.4 Å². The molecule has 1 unspecified atom stereocenters. The Morgan fingerprint density at radius 3 is 2.51 bits per heavy atom. The Kier molecular flexibility index (Phi) is 6.49. The zero-order valence-corrected chi connectivity index (χ0v) is 19.8. The van der Waals surface area contributed by atoms with Crippen molar-refractivity contribution in [1.82, 2.24) is 4.98 Å². The number of hydrogen-bond donors (Lipinski definition) is 1. The third kappa shape index (κ3) is 4.21. The quantitative estimate of drug-likeness (QED) is 0.234. The van der Waals surface area contributed by atoms with E-state index >= 15 is 0 Å². The molecule has 0 radical (unpaired) electrons. The summed E-state index contributed by atoms with van der Waals surface area (Å²) in [5.41, 5.74) is 0.0332. The summed E-state index contributed by atoms with van der Waals surface area (Å²) in [6.07, 6.45) is 0. The van der Waals surface area contributed by atoms with Crippen LogP contribution in [0.1, 0.15) is 45.0 Å². The lowest BCUT2D eigenvalue weighted by molar-refractivity contribution is -0.132. The SMILES string of the molecule is CCOC(=O)c1sc(N2C(=O)C(=O)C(=C(O)c3ccc(C)c(F)c3)C2c2ccccc2F)nc1C. The molecule has 0 bridgehead atoms. The van der Waals surface area contributed by atoms with E-state index in [1.54, 1.807) is 6.92 Å². The Bertz CT molecular complexity index is 1400. The number of rotatable bonds is 5. The first-order valence-electron chi connectivity index (χ1n) is 10.6. The molecule has 0 saturated carbocycles. The summed E-state index contributed by atoms with van der Waals surface area (Å²) in [5, 5.41) is 11.0. The predicted molar refractivity (Wildman–Crippen MR) is 125 cm³/mol. The minimum absolute atomic E-state index is 0.0463. The van der Waals surface area contributed by atoms with Gasteiger partial charge in [0.2, 0.25) is 0 Å². The highest BCUT2D eigenvalue weighted by Gasteiger charge is 2.49. The minimum atomic E-state index is -1.40. The largest absolute Gasteiger partial charge is 0.507 e. The molecule has 1 atom stereocenters. The lowest BCUT2D eigenvalue weighted by Gasteiger charge is -2.23. The topological polar surface area (TPSA) is 96.8 Å². The summed E-state index contributed by atoms with van der Waals surface area (Å²) in [6.45, 7) is 4.83. The highest BCUT2D eigenvalue weighted by Crippen LogP contribution is 2.44. The number of ketones is 1. The van der Waals surface area contributed by atoms with Crippen molar-refractivity contribution in [2.24, 2.45) is 0 Å². The Labute approximate surface area is 203 Å². The molecule has 1 fully saturated rings. The van der Waals surface area contributed by atoms with Crippen LogP contribution in [0.2, 0.25) is 0 Å². The van der Waals surface area contributed by atoms with Crippen molar-refractivity contribution < 1.29 is 33.0 Å². The molecule has 2 aromatic carbocycles. The summed E-state index contributed by atoms with van der Waals surface area (Å²) in [7, 11) is 0. The van der Waals surface area contributed by atoms with Crippen molar-refractivity contribution in [2.75, 3.05) is 11.5 Å². The maximum absolute atomic E-state index is 14.9. The third-order valence-corrected chi connectivity index (χ3v) is 6.68. The van der Waals surface area contributed by atoms with Crippen molar-refractivity contribution >= 4 is 39.9 Å². The molecule has 1 aliphatic rings. The average Bonchev–Trinajstić information content (AvgIpc) is 3.32. The number of carbonyl (C=O) groups excluding carboxylic acids is 3. The van der Waals surface area contributed by atoms with Gasteiger partial charge in [0.25, 0.3) is 5.78 Å². The Hall–Kier alpha value is -3.92. The number of esters is 1. The molecule has 0 aliphatic carbocycles. The third-order valence-electron chi connectivity index (χ3n) is 5.54. The van der Waals surface area contributed by atoms with Gasteiger partial charge in [-0.2, -0.15) is 0 Å². The predicted octanol–water partition coefficient (Wildman–Crippen LogP) is 4.84. The average molecular weight is 499 g/mol. The Morgan fingerprint density at radius 2 is 1.86 bits per heavy atom. The molecule has 35 heavy (non-hydrogen) atoms. The molecular weight excluding hydrogens is 478 g/mol. The van der Waals surface area contributed by atoms with Crippen LogP contribution in [0.4, 0.5) is 13.9 Å². The monoisotopic (exact) mass is 498 g/mol. The van der Waals surface area contributed by atoms with Gasteiger partial charge in [-0.25, -0.2) is 18.6 Å². The van der Waals surface area contributed by atoms with Crippen molar-refractivity contribution in [3.05, 3.63) is 86.9 Å². The number of thiazole rings is 1. The second kappa shape index (κ2) is 9.38. The number of Topliss-reactive ketones (excluding diaryl/α,β-unsaturated/α-hetero) is 1. The van der Waals surface area contributed by atoms with Crippen LogP contribution < -0.4 is 4.90 Å². The van der Waals surface area contributed by atoms with Crippen molar-refractivity contribution in [3.8, 4) is 0 Å². The van der Waals surface area contributed by atoms with E-state index < -0.39 is 46.7 Å². The molecule has 1 N–H and O–H groups in total. The van der Waals surface area contributed by atoms with Gasteiger partial charge in [0.05, 0.1) is 17.9 Å². The van der Waals surface area contributed by atoms with E-state index in [0.717, 1.165) is 28.4 Å². The van der Waals surface area contributed by atoms with Crippen molar-refractivity contribution in [2.45, 2.75) is 26.8 Å². The maximum Gasteiger partial charge on any atom is 0.350 e. The Balaban J connectivity index is 1.94. The molecule has 1 amide bonds. The van der Waals surface area contributed by atoms with Gasteiger partial charge in [-0.1, -0.05) is 41.7 Å². The summed E-state index contributed by atoms with van der Waals surface area (Å²) in [5.74, 6) is -4.83. The molecule has 7 nitrogen and oxygen atoms in total. The van der Waals surface area contributed by atoms with E-state index in [0.29, 0.717) is 5.56 Å². The van der Waals surface area contributed by atoms with Crippen LogP contribution in [-0.4, -0.2) is 34.4 Å². The van der Waals surface area contributed by atoms with Crippen LogP contribution in [0.15, 0.2) is 48.0 Å². The number of aromatic nitrogens is 1. The zero-order chi connectivity index (χ0) is 25.4. The molecule has 1 aliphatic heterocycles. The molecule has 1 aromatic heterocycles. The van der Waals surface area contributed by atoms with E-state index in [9.17, 15) is 28.3 Å². The normalized spacial score (nSPS) is 17.2. The summed E-state index contributed by atoms with van der Waals surface area (Å²) in [4.78, 5) is 43.9. The first kappa shape index (κ1) is 24.2. The number of aliphatic hydroxyl groups excluding tert-OH is 1. The smallest absolute Gasteiger partial charge is 0.350 e. The first-order valence-corrected chi connectivity index (χ1v) is 11.4. The summed E-state index contributed by atoms with van der Waals surface area (Å²) < 4.78 is 34.2. The van der Waals surface area contributed by atoms with Gasteiger partial charge in [0.1, 0.15) is 28.3 Å². The lowest BCUT2D eigenvalue weighted by Crippen LogP contribution is -2.29. The standard InChI is InChI=1S/C25H20F2N2O5S/c1-4-34-24(33)22-13(3)28-25(35-22)29-19(15-7-5-6-8-16(15)26)18(21(31)23(29)32)20(30)14-10-9-12(2)17(27)11-14/h5-11,19,30H,4H2,1-3H3. The van der Waals surface area contributed by atoms with Crippen LogP contribution in [-0.2, 0) is 14.3 Å². The lowest BCUT2D eigenvalue weighted by atomic mass is 9.94. The number of halogens is 2. The molecule has 1 saturated heterocycles. The molecule has 180 valence electrons. The maximum atomic E-state index is 14.9. The van der Waals surface area contributed by atoms with Crippen LogP contribution in [0.3, 0.4) is 0 Å². The number of anilines is 1. The number of hydrogen-bond acceptors (Lipinski definition) is 7. The van der Waals surface area contributed by atoms with Crippen LogP contribution in [0.25, 0.3) is 5.76 Å². The van der Waals surface area contributed by atoms with Gasteiger partial charge < -0.3 is 9.84 Å². The number of nitrogens with zero attached hydrogens (tertiary/aromatic N) is 2. The fourth-order valence-electron chi connectivity index (χ4n) is 3.79. The number of ether oxygens (including phenoxy) is 1. The van der Waals surface area contributed by atoms with E-state index in [4.69, 9.17) is 4.74 Å². The Morgan fingerprint density at radius 1 is 1.14 bits per heavy atom. The molecule has 2 heterocycles. The van der Waals surface area contributed by atoms with Gasteiger partial charge in [0, 0.05) is 11.1 Å². The molecule has 0 spiro atoms. The number of benzene rings is 2. The van der Waals surface area contributed by atoms with Crippen LogP contribution in [0.5, 0.6) is 0 Å². The minimum Gasteiger partial charge on any atom is -0.507 e.